The zero-order chi connectivity index (χ0) is 19.8. The zero-order valence-corrected chi connectivity index (χ0v) is 14.7. The van der Waals surface area contributed by atoms with Gasteiger partial charge >= 0.3 is 6.61 Å². The number of carbonyl (C=O) groups is 2. The molecule has 0 spiro atoms. The third-order valence-corrected chi connectivity index (χ3v) is 3.34. The molecule has 7 nitrogen and oxygen atoms in total. The summed E-state index contributed by atoms with van der Waals surface area (Å²) in [6.07, 6.45) is 0. The number of benzene rings is 2. The Morgan fingerprint density at radius 1 is 1.04 bits per heavy atom. The van der Waals surface area contributed by atoms with Crippen molar-refractivity contribution in [1.82, 2.24) is 0 Å². The van der Waals surface area contributed by atoms with Gasteiger partial charge in [-0.3, -0.25) is 9.59 Å². The van der Waals surface area contributed by atoms with Gasteiger partial charge in [-0.05, 0) is 30.3 Å². The highest BCUT2D eigenvalue weighted by Crippen LogP contribution is 2.28. The van der Waals surface area contributed by atoms with Crippen LogP contribution in [0.1, 0.15) is 6.92 Å². The maximum absolute atomic E-state index is 12.4. The molecule has 2 amide bonds. The van der Waals surface area contributed by atoms with Crippen LogP contribution in [0.5, 0.6) is 11.5 Å². The molecule has 0 aliphatic heterocycles. The summed E-state index contributed by atoms with van der Waals surface area (Å²) in [5.41, 5.74) is 1.10. The van der Waals surface area contributed by atoms with Crippen LogP contribution in [-0.2, 0) is 9.59 Å². The van der Waals surface area contributed by atoms with E-state index < -0.39 is 12.5 Å². The number of ether oxygens (including phenoxy) is 2. The number of hydrogen-bond donors (Lipinski definition) is 3. The normalized spacial score (nSPS) is 10.3. The van der Waals surface area contributed by atoms with Crippen LogP contribution >= 0.6 is 0 Å². The molecular weight excluding hydrogens is 360 g/mol. The third-order valence-electron chi connectivity index (χ3n) is 3.34. The van der Waals surface area contributed by atoms with Gasteiger partial charge in [-0.1, -0.05) is 12.1 Å². The topological polar surface area (TPSA) is 88.7 Å². The first-order valence-corrected chi connectivity index (χ1v) is 7.92. The van der Waals surface area contributed by atoms with Gasteiger partial charge in [0.25, 0.3) is 0 Å². The molecule has 0 radical (unpaired) electrons. The Balaban J connectivity index is 2.05. The number of rotatable bonds is 8. The van der Waals surface area contributed by atoms with Crippen molar-refractivity contribution in [3.63, 3.8) is 0 Å². The second-order valence-electron chi connectivity index (χ2n) is 5.37. The molecule has 0 saturated heterocycles. The van der Waals surface area contributed by atoms with Crippen molar-refractivity contribution in [2.45, 2.75) is 13.5 Å². The van der Waals surface area contributed by atoms with Crippen LogP contribution in [-0.4, -0.2) is 32.1 Å². The summed E-state index contributed by atoms with van der Waals surface area (Å²) in [6.45, 7) is -1.80. The summed E-state index contributed by atoms with van der Waals surface area (Å²) < 4.78 is 34.4. The highest BCUT2D eigenvalue weighted by atomic mass is 19.3. The number of alkyl halides is 2. The lowest BCUT2D eigenvalue weighted by Crippen LogP contribution is -2.22. The Bertz CT molecular complexity index is 815. The molecule has 144 valence electrons. The predicted octanol–water partition coefficient (Wildman–Crippen LogP) is 3.31. The minimum atomic E-state index is -2.97. The summed E-state index contributed by atoms with van der Waals surface area (Å²) in [5, 5.41) is 7.99. The van der Waals surface area contributed by atoms with Gasteiger partial charge in [0, 0.05) is 12.6 Å². The second kappa shape index (κ2) is 9.37. The number of hydrogen-bond acceptors (Lipinski definition) is 5. The van der Waals surface area contributed by atoms with Gasteiger partial charge in [0.05, 0.1) is 25.0 Å². The van der Waals surface area contributed by atoms with Crippen LogP contribution in [0, 0.1) is 0 Å². The molecule has 9 heteroatoms. The lowest BCUT2D eigenvalue weighted by molar-refractivity contribution is -0.115. The maximum atomic E-state index is 12.4. The lowest BCUT2D eigenvalue weighted by atomic mass is 10.2. The molecule has 0 atom stereocenters. The molecule has 2 aromatic rings. The van der Waals surface area contributed by atoms with Crippen molar-refractivity contribution in [2.75, 3.05) is 29.6 Å². The van der Waals surface area contributed by atoms with Gasteiger partial charge in [-0.2, -0.15) is 8.78 Å². The fraction of sp³-hybridized carbons (Fsp3) is 0.222. The predicted molar refractivity (Wildman–Crippen MR) is 97.5 cm³/mol. The number of methoxy groups -OCH3 is 1. The van der Waals surface area contributed by atoms with E-state index in [1.807, 2.05) is 0 Å². The number of halogens is 2. The first-order valence-electron chi connectivity index (χ1n) is 7.92. The first kappa shape index (κ1) is 20.0. The third kappa shape index (κ3) is 6.14. The molecule has 0 unspecified atom stereocenters. The molecule has 0 aliphatic carbocycles. The standard InChI is InChI=1S/C18H19F2N3O4/c1-11(24)22-12-7-8-15(26-2)14(9-12)23-17(25)10-21-13-5-3-4-6-16(13)27-18(19)20/h3-9,18,21H,10H2,1-2H3,(H,22,24)(H,23,25). The van der Waals surface area contributed by atoms with Crippen LogP contribution in [0.3, 0.4) is 0 Å². The van der Waals surface area contributed by atoms with Gasteiger partial charge in [-0.15, -0.1) is 0 Å². The first-order chi connectivity index (χ1) is 12.9. The molecule has 0 saturated carbocycles. The average molecular weight is 379 g/mol. The molecule has 3 N–H and O–H groups in total. The molecular formula is C18H19F2N3O4. The number of carbonyl (C=O) groups excluding carboxylic acids is 2. The monoisotopic (exact) mass is 379 g/mol. The van der Waals surface area contributed by atoms with Crippen LogP contribution in [0.4, 0.5) is 25.8 Å². The lowest BCUT2D eigenvalue weighted by Gasteiger charge is -2.14. The summed E-state index contributed by atoms with van der Waals surface area (Å²) in [5.74, 6) is -0.362. The van der Waals surface area contributed by atoms with Gasteiger partial charge in [-0.25, -0.2) is 0 Å². The van der Waals surface area contributed by atoms with Crippen molar-refractivity contribution < 1.29 is 27.8 Å². The molecule has 2 aromatic carbocycles. The quantitative estimate of drug-likeness (QED) is 0.655. The summed E-state index contributed by atoms with van der Waals surface area (Å²) >= 11 is 0. The van der Waals surface area contributed by atoms with Crippen LogP contribution in [0.25, 0.3) is 0 Å². The number of amides is 2. The highest BCUT2D eigenvalue weighted by molar-refractivity contribution is 5.97. The van der Waals surface area contributed by atoms with Crippen LogP contribution in [0.2, 0.25) is 0 Å². The van der Waals surface area contributed by atoms with Crippen molar-refractivity contribution in [3.8, 4) is 11.5 Å². The van der Waals surface area contributed by atoms with E-state index in [2.05, 4.69) is 20.7 Å². The van der Waals surface area contributed by atoms with E-state index >= 15 is 0 Å². The van der Waals surface area contributed by atoms with E-state index in [-0.39, 0.29) is 23.9 Å². The van der Waals surface area contributed by atoms with E-state index in [4.69, 9.17) is 4.74 Å². The number of nitrogens with one attached hydrogen (secondary N) is 3. The van der Waals surface area contributed by atoms with Gasteiger partial charge < -0.3 is 25.4 Å². The molecule has 0 aliphatic rings. The Hall–Kier alpha value is -3.36. The maximum Gasteiger partial charge on any atom is 0.387 e. The summed E-state index contributed by atoms with van der Waals surface area (Å²) in [4.78, 5) is 23.4. The molecule has 0 bridgehead atoms. The van der Waals surface area contributed by atoms with Crippen molar-refractivity contribution in [1.29, 1.82) is 0 Å². The van der Waals surface area contributed by atoms with Crippen LogP contribution in [0.15, 0.2) is 42.5 Å². The fourth-order valence-electron chi connectivity index (χ4n) is 2.27. The Kier molecular flexibility index (Phi) is 6.93. The Labute approximate surface area is 154 Å². The van der Waals surface area contributed by atoms with E-state index in [1.165, 1.54) is 26.2 Å². The number of para-hydroxylation sites is 2. The van der Waals surface area contributed by atoms with E-state index in [9.17, 15) is 18.4 Å². The van der Waals surface area contributed by atoms with Crippen molar-refractivity contribution >= 4 is 28.9 Å². The molecule has 27 heavy (non-hydrogen) atoms. The van der Waals surface area contributed by atoms with Gasteiger partial charge in [0.1, 0.15) is 11.5 Å². The van der Waals surface area contributed by atoms with Gasteiger partial charge in [0.2, 0.25) is 11.8 Å². The Morgan fingerprint density at radius 3 is 2.44 bits per heavy atom. The number of anilines is 3. The molecule has 0 aromatic heterocycles. The molecule has 0 heterocycles. The average Bonchev–Trinajstić information content (AvgIpc) is 2.60. The fourth-order valence-corrected chi connectivity index (χ4v) is 2.27. The largest absolute Gasteiger partial charge is 0.495 e. The van der Waals surface area contributed by atoms with Gasteiger partial charge in [0.15, 0.2) is 0 Å². The molecule has 0 fully saturated rings. The highest BCUT2D eigenvalue weighted by Gasteiger charge is 2.12. The van der Waals surface area contributed by atoms with Crippen molar-refractivity contribution in [2.24, 2.45) is 0 Å². The summed E-state index contributed by atoms with van der Waals surface area (Å²) in [6, 6.07) is 10.8. The van der Waals surface area contributed by atoms with Crippen molar-refractivity contribution in [3.05, 3.63) is 42.5 Å². The second-order valence-corrected chi connectivity index (χ2v) is 5.37. The zero-order valence-electron chi connectivity index (χ0n) is 14.7. The van der Waals surface area contributed by atoms with Crippen LogP contribution < -0.4 is 25.4 Å². The van der Waals surface area contributed by atoms with E-state index in [0.29, 0.717) is 17.1 Å². The SMILES string of the molecule is COc1ccc(NC(C)=O)cc1NC(=O)CNc1ccccc1OC(F)F. The van der Waals surface area contributed by atoms with E-state index in [1.54, 1.807) is 30.3 Å². The smallest absolute Gasteiger partial charge is 0.387 e. The minimum Gasteiger partial charge on any atom is -0.495 e. The minimum absolute atomic E-state index is 0.0643. The molecule has 2 rings (SSSR count). The summed E-state index contributed by atoms with van der Waals surface area (Å²) in [7, 11) is 1.44. The Morgan fingerprint density at radius 2 is 1.78 bits per heavy atom. The van der Waals surface area contributed by atoms with E-state index in [0.717, 1.165) is 0 Å².